The van der Waals surface area contributed by atoms with Crippen LogP contribution in [0.5, 0.6) is 0 Å². The van der Waals surface area contributed by atoms with Crippen LogP contribution in [-0.4, -0.2) is 23.4 Å². The van der Waals surface area contributed by atoms with Crippen LogP contribution < -0.4 is 5.73 Å². The molecule has 0 saturated heterocycles. The van der Waals surface area contributed by atoms with Gasteiger partial charge in [0.05, 0.1) is 6.61 Å². The van der Waals surface area contributed by atoms with Gasteiger partial charge in [0.25, 0.3) is 0 Å². The topological polar surface area (TPSA) is 74.2 Å². The van der Waals surface area contributed by atoms with Gasteiger partial charge in [0, 0.05) is 13.0 Å². The van der Waals surface area contributed by atoms with Crippen LogP contribution >= 0.6 is 0 Å². The summed E-state index contributed by atoms with van der Waals surface area (Å²) >= 11 is 0. The standard InChI is InChI=1S/C12H23N3O2/c1-4-6-7-8-10-14-11(15-17-10)12(3,13)9-16-5-2/h4-9,13H2,1-3H3. The summed E-state index contributed by atoms with van der Waals surface area (Å²) in [7, 11) is 0. The van der Waals surface area contributed by atoms with Gasteiger partial charge in [-0.1, -0.05) is 24.9 Å². The number of hydrogen-bond acceptors (Lipinski definition) is 5. The van der Waals surface area contributed by atoms with E-state index in [4.69, 9.17) is 15.0 Å². The SMILES string of the molecule is CCCCCc1nc(C(C)(N)COCC)no1. The number of hydrogen-bond donors (Lipinski definition) is 1. The third kappa shape index (κ3) is 4.44. The molecule has 98 valence electrons. The molecule has 1 atom stereocenters. The molecular weight excluding hydrogens is 218 g/mol. The molecule has 0 fully saturated rings. The lowest BCUT2D eigenvalue weighted by Gasteiger charge is -2.19. The summed E-state index contributed by atoms with van der Waals surface area (Å²) in [6.07, 6.45) is 4.26. The van der Waals surface area contributed by atoms with Crippen LogP contribution in [0.1, 0.15) is 51.7 Å². The molecule has 1 aromatic rings. The Morgan fingerprint density at radius 3 is 2.76 bits per heavy atom. The number of unbranched alkanes of at least 4 members (excludes halogenated alkanes) is 2. The second kappa shape index (κ2) is 6.71. The van der Waals surface area contributed by atoms with Crippen LogP contribution in [0, 0.1) is 0 Å². The van der Waals surface area contributed by atoms with Gasteiger partial charge in [-0.05, 0) is 20.3 Å². The zero-order chi connectivity index (χ0) is 12.7. The Balaban J connectivity index is 2.53. The molecule has 0 bridgehead atoms. The van der Waals surface area contributed by atoms with Crippen molar-refractivity contribution in [1.29, 1.82) is 0 Å². The molecule has 1 aromatic heterocycles. The second-order valence-electron chi connectivity index (χ2n) is 4.52. The summed E-state index contributed by atoms with van der Waals surface area (Å²) < 4.78 is 10.5. The second-order valence-corrected chi connectivity index (χ2v) is 4.52. The van der Waals surface area contributed by atoms with Gasteiger partial charge < -0.3 is 15.0 Å². The summed E-state index contributed by atoms with van der Waals surface area (Å²) in [5.41, 5.74) is 5.40. The van der Waals surface area contributed by atoms with Gasteiger partial charge in [-0.15, -0.1) is 0 Å². The lowest BCUT2D eigenvalue weighted by molar-refractivity contribution is 0.0962. The summed E-state index contributed by atoms with van der Waals surface area (Å²) in [5, 5.41) is 3.93. The van der Waals surface area contributed by atoms with Gasteiger partial charge in [-0.2, -0.15) is 4.98 Å². The minimum atomic E-state index is -0.678. The van der Waals surface area contributed by atoms with E-state index in [2.05, 4.69) is 17.1 Å². The van der Waals surface area contributed by atoms with Crippen LogP contribution in [0.15, 0.2) is 4.52 Å². The molecule has 0 aliphatic rings. The molecule has 1 heterocycles. The van der Waals surface area contributed by atoms with Crippen molar-refractivity contribution in [1.82, 2.24) is 10.1 Å². The Labute approximate surface area is 103 Å². The molecule has 0 spiro atoms. The molecule has 0 amide bonds. The number of aryl methyl sites for hydroxylation is 1. The smallest absolute Gasteiger partial charge is 0.226 e. The molecule has 0 radical (unpaired) electrons. The molecule has 17 heavy (non-hydrogen) atoms. The molecule has 5 heteroatoms. The fourth-order valence-electron chi connectivity index (χ4n) is 1.49. The fraction of sp³-hybridized carbons (Fsp3) is 0.833. The highest BCUT2D eigenvalue weighted by Crippen LogP contribution is 2.15. The molecular formula is C12H23N3O2. The zero-order valence-electron chi connectivity index (χ0n) is 11.0. The fourth-order valence-corrected chi connectivity index (χ4v) is 1.49. The van der Waals surface area contributed by atoms with Crippen LogP contribution in [0.25, 0.3) is 0 Å². The highest BCUT2D eigenvalue weighted by Gasteiger charge is 2.27. The summed E-state index contributed by atoms with van der Waals surface area (Å²) in [6, 6.07) is 0. The summed E-state index contributed by atoms with van der Waals surface area (Å²) in [4.78, 5) is 4.32. The monoisotopic (exact) mass is 241 g/mol. The summed E-state index contributed by atoms with van der Waals surface area (Å²) in [6.45, 7) is 6.98. The molecule has 5 nitrogen and oxygen atoms in total. The van der Waals surface area contributed by atoms with Gasteiger partial charge in [0.15, 0.2) is 5.82 Å². The number of rotatable bonds is 8. The van der Waals surface area contributed by atoms with Crippen molar-refractivity contribution in [2.24, 2.45) is 5.73 Å². The minimum absolute atomic E-state index is 0.400. The Bertz CT molecular complexity index is 323. The average molecular weight is 241 g/mol. The van der Waals surface area contributed by atoms with Crippen molar-refractivity contribution in [2.75, 3.05) is 13.2 Å². The van der Waals surface area contributed by atoms with Crippen LogP contribution in [-0.2, 0) is 16.7 Å². The van der Waals surface area contributed by atoms with E-state index in [9.17, 15) is 0 Å². The minimum Gasteiger partial charge on any atom is -0.379 e. The highest BCUT2D eigenvalue weighted by molar-refractivity contribution is 5.01. The first-order valence-corrected chi connectivity index (χ1v) is 6.29. The maximum Gasteiger partial charge on any atom is 0.226 e. The maximum atomic E-state index is 6.08. The largest absolute Gasteiger partial charge is 0.379 e. The maximum absolute atomic E-state index is 6.08. The van der Waals surface area contributed by atoms with E-state index in [-0.39, 0.29) is 0 Å². The van der Waals surface area contributed by atoms with Crippen molar-refractivity contribution in [3.05, 3.63) is 11.7 Å². The molecule has 0 aliphatic heterocycles. The number of nitrogens with zero attached hydrogens (tertiary/aromatic N) is 2. The van der Waals surface area contributed by atoms with Gasteiger partial charge in [0.2, 0.25) is 5.89 Å². The van der Waals surface area contributed by atoms with Gasteiger partial charge in [-0.25, -0.2) is 0 Å². The Morgan fingerprint density at radius 1 is 1.35 bits per heavy atom. The number of nitrogens with two attached hydrogens (primary N) is 1. The van der Waals surface area contributed by atoms with Crippen LogP contribution in [0.3, 0.4) is 0 Å². The Hall–Kier alpha value is -0.940. The lowest BCUT2D eigenvalue weighted by atomic mass is 10.1. The van der Waals surface area contributed by atoms with E-state index < -0.39 is 5.54 Å². The van der Waals surface area contributed by atoms with Gasteiger partial charge in [0.1, 0.15) is 5.54 Å². The van der Waals surface area contributed by atoms with Gasteiger partial charge >= 0.3 is 0 Å². The number of ether oxygens (including phenoxy) is 1. The van der Waals surface area contributed by atoms with Crippen molar-refractivity contribution < 1.29 is 9.26 Å². The van der Waals surface area contributed by atoms with E-state index in [1.807, 2.05) is 13.8 Å². The molecule has 1 unspecified atom stereocenters. The van der Waals surface area contributed by atoms with E-state index in [0.29, 0.717) is 24.9 Å². The molecule has 1 rings (SSSR count). The highest BCUT2D eigenvalue weighted by atomic mass is 16.5. The predicted octanol–water partition coefficient (Wildman–Crippen LogP) is 2.01. The lowest BCUT2D eigenvalue weighted by Crippen LogP contribution is -2.39. The Kier molecular flexibility index (Phi) is 5.58. The summed E-state index contributed by atoms with van der Waals surface area (Å²) in [5.74, 6) is 1.19. The van der Waals surface area contributed by atoms with E-state index in [1.165, 1.54) is 12.8 Å². The molecule has 2 N–H and O–H groups in total. The van der Waals surface area contributed by atoms with Crippen molar-refractivity contribution in [2.45, 2.75) is 52.0 Å². The quantitative estimate of drug-likeness (QED) is 0.705. The van der Waals surface area contributed by atoms with E-state index >= 15 is 0 Å². The predicted molar refractivity (Wildman–Crippen MR) is 65.6 cm³/mol. The average Bonchev–Trinajstić information content (AvgIpc) is 2.76. The molecule has 0 saturated carbocycles. The van der Waals surface area contributed by atoms with E-state index in [1.54, 1.807) is 0 Å². The van der Waals surface area contributed by atoms with Crippen LogP contribution in [0.2, 0.25) is 0 Å². The number of aromatic nitrogens is 2. The Morgan fingerprint density at radius 2 is 2.12 bits per heavy atom. The first-order chi connectivity index (χ1) is 8.10. The van der Waals surface area contributed by atoms with Crippen molar-refractivity contribution >= 4 is 0 Å². The van der Waals surface area contributed by atoms with Crippen molar-refractivity contribution in [3.8, 4) is 0 Å². The zero-order valence-corrected chi connectivity index (χ0v) is 11.0. The molecule has 0 aromatic carbocycles. The van der Waals surface area contributed by atoms with Gasteiger partial charge in [-0.3, -0.25) is 0 Å². The third-order valence-electron chi connectivity index (χ3n) is 2.58. The first-order valence-electron chi connectivity index (χ1n) is 6.29. The van der Waals surface area contributed by atoms with E-state index in [0.717, 1.165) is 12.8 Å². The first kappa shape index (κ1) is 14.1. The van der Waals surface area contributed by atoms with Crippen LogP contribution in [0.4, 0.5) is 0 Å². The van der Waals surface area contributed by atoms with Crippen molar-refractivity contribution in [3.63, 3.8) is 0 Å². The molecule has 0 aliphatic carbocycles. The third-order valence-corrected chi connectivity index (χ3v) is 2.58. The normalized spacial score (nSPS) is 14.8.